The molecule has 0 aliphatic heterocycles. The van der Waals surface area contributed by atoms with Gasteiger partial charge in [0.15, 0.2) is 0 Å². The molecule has 0 spiro atoms. The van der Waals surface area contributed by atoms with E-state index in [-0.39, 0.29) is 18.4 Å². The van der Waals surface area contributed by atoms with E-state index in [1.54, 1.807) is 36.1 Å². The first kappa shape index (κ1) is 18.3. The number of ether oxygens (including phenoxy) is 1. The standard InChI is InChI=1S/C16H23ClN2O3/c1-4-22-15(20)8-9-19(11-12(2)3)16(21)18-14-7-5-6-13(17)10-14/h5-7,10,12H,4,8-9,11H2,1-3H3,(H,18,21). The lowest BCUT2D eigenvalue weighted by atomic mass is 10.2. The smallest absolute Gasteiger partial charge is 0.321 e. The molecule has 5 nitrogen and oxygen atoms in total. The molecule has 2 amide bonds. The molecule has 1 rings (SSSR count). The van der Waals surface area contributed by atoms with Gasteiger partial charge in [-0.05, 0) is 31.0 Å². The Morgan fingerprint density at radius 1 is 1.36 bits per heavy atom. The summed E-state index contributed by atoms with van der Waals surface area (Å²) in [6.45, 7) is 7.02. The van der Waals surface area contributed by atoms with Crippen molar-refractivity contribution < 1.29 is 14.3 Å². The lowest BCUT2D eigenvalue weighted by Crippen LogP contribution is -2.39. The van der Waals surface area contributed by atoms with E-state index in [0.717, 1.165) is 0 Å². The molecular formula is C16H23ClN2O3. The summed E-state index contributed by atoms with van der Waals surface area (Å²) in [6.07, 6.45) is 0.184. The van der Waals surface area contributed by atoms with E-state index in [9.17, 15) is 9.59 Å². The average molecular weight is 327 g/mol. The number of esters is 1. The van der Waals surface area contributed by atoms with E-state index in [4.69, 9.17) is 16.3 Å². The second-order valence-corrected chi connectivity index (χ2v) is 5.77. The van der Waals surface area contributed by atoms with Gasteiger partial charge in [-0.3, -0.25) is 4.79 Å². The number of urea groups is 1. The van der Waals surface area contributed by atoms with E-state index in [1.807, 2.05) is 13.8 Å². The molecule has 122 valence electrons. The van der Waals surface area contributed by atoms with Crippen molar-refractivity contribution in [3.63, 3.8) is 0 Å². The second-order valence-electron chi connectivity index (χ2n) is 5.34. The van der Waals surface area contributed by atoms with Gasteiger partial charge < -0.3 is 15.0 Å². The number of halogens is 1. The highest BCUT2D eigenvalue weighted by Crippen LogP contribution is 2.15. The average Bonchev–Trinajstić information content (AvgIpc) is 2.43. The number of carbonyl (C=O) groups excluding carboxylic acids is 2. The van der Waals surface area contributed by atoms with Gasteiger partial charge in [-0.2, -0.15) is 0 Å². The van der Waals surface area contributed by atoms with Crippen LogP contribution < -0.4 is 5.32 Å². The minimum Gasteiger partial charge on any atom is -0.466 e. The lowest BCUT2D eigenvalue weighted by molar-refractivity contribution is -0.143. The van der Waals surface area contributed by atoms with Crippen LogP contribution in [0.15, 0.2) is 24.3 Å². The van der Waals surface area contributed by atoms with Crippen molar-refractivity contribution >= 4 is 29.3 Å². The van der Waals surface area contributed by atoms with Gasteiger partial charge in [0, 0.05) is 23.8 Å². The van der Waals surface area contributed by atoms with Crippen LogP contribution in [0.4, 0.5) is 10.5 Å². The van der Waals surface area contributed by atoms with Gasteiger partial charge in [0.25, 0.3) is 0 Å². The molecule has 0 saturated heterocycles. The van der Waals surface area contributed by atoms with Crippen LogP contribution in [0.25, 0.3) is 0 Å². The zero-order chi connectivity index (χ0) is 16.5. The number of hydrogen-bond acceptors (Lipinski definition) is 3. The largest absolute Gasteiger partial charge is 0.466 e. The third-order valence-corrected chi connectivity index (χ3v) is 3.07. The van der Waals surface area contributed by atoms with E-state index in [2.05, 4.69) is 5.32 Å². The van der Waals surface area contributed by atoms with Crippen molar-refractivity contribution in [3.8, 4) is 0 Å². The fraction of sp³-hybridized carbons (Fsp3) is 0.500. The van der Waals surface area contributed by atoms with Crippen LogP contribution in [0.2, 0.25) is 5.02 Å². The molecule has 0 aliphatic rings. The third-order valence-electron chi connectivity index (χ3n) is 2.84. The van der Waals surface area contributed by atoms with Crippen molar-refractivity contribution in [3.05, 3.63) is 29.3 Å². The van der Waals surface area contributed by atoms with Gasteiger partial charge in [0.1, 0.15) is 0 Å². The summed E-state index contributed by atoms with van der Waals surface area (Å²) in [5, 5.41) is 3.35. The normalized spacial score (nSPS) is 10.4. The zero-order valence-electron chi connectivity index (χ0n) is 13.3. The number of rotatable bonds is 7. The number of carbonyl (C=O) groups is 2. The van der Waals surface area contributed by atoms with Crippen LogP contribution in [0, 0.1) is 5.92 Å². The number of benzene rings is 1. The summed E-state index contributed by atoms with van der Waals surface area (Å²) in [6, 6.07) is 6.70. The summed E-state index contributed by atoms with van der Waals surface area (Å²) in [5.41, 5.74) is 0.627. The molecule has 0 saturated carbocycles. The lowest BCUT2D eigenvalue weighted by Gasteiger charge is -2.24. The van der Waals surface area contributed by atoms with E-state index < -0.39 is 0 Å². The van der Waals surface area contributed by atoms with Crippen LogP contribution >= 0.6 is 11.6 Å². The Morgan fingerprint density at radius 2 is 2.09 bits per heavy atom. The first-order valence-corrected chi connectivity index (χ1v) is 7.77. The first-order chi connectivity index (χ1) is 10.4. The fourth-order valence-corrected chi connectivity index (χ4v) is 2.13. The Balaban J connectivity index is 2.65. The zero-order valence-corrected chi connectivity index (χ0v) is 14.0. The highest BCUT2D eigenvalue weighted by atomic mass is 35.5. The Labute approximate surface area is 136 Å². The fourth-order valence-electron chi connectivity index (χ4n) is 1.94. The third kappa shape index (κ3) is 6.80. The summed E-state index contributed by atoms with van der Waals surface area (Å²) in [7, 11) is 0. The minimum atomic E-state index is -0.299. The maximum atomic E-state index is 12.3. The number of nitrogens with one attached hydrogen (secondary N) is 1. The molecule has 0 bridgehead atoms. The van der Waals surface area contributed by atoms with Crippen LogP contribution in [0.3, 0.4) is 0 Å². The Hall–Kier alpha value is -1.75. The molecule has 0 aromatic heterocycles. The van der Waals surface area contributed by atoms with Crippen LogP contribution in [-0.2, 0) is 9.53 Å². The van der Waals surface area contributed by atoms with Crippen molar-refractivity contribution in [1.29, 1.82) is 0 Å². The molecule has 22 heavy (non-hydrogen) atoms. The molecule has 0 radical (unpaired) electrons. The van der Waals surface area contributed by atoms with Gasteiger partial charge in [-0.25, -0.2) is 4.79 Å². The molecule has 0 atom stereocenters. The van der Waals surface area contributed by atoms with Gasteiger partial charge in [-0.1, -0.05) is 31.5 Å². The maximum absolute atomic E-state index is 12.3. The van der Waals surface area contributed by atoms with Crippen molar-refractivity contribution in [2.24, 2.45) is 5.92 Å². The van der Waals surface area contributed by atoms with Crippen molar-refractivity contribution in [2.45, 2.75) is 27.2 Å². The monoisotopic (exact) mass is 326 g/mol. The predicted octanol–water partition coefficient (Wildman–Crippen LogP) is 3.78. The Bertz CT molecular complexity index is 506. The molecule has 1 aromatic rings. The van der Waals surface area contributed by atoms with Crippen molar-refractivity contribution in [2.75, 3.05) is 25.0 Å². The van der Waals surface area contributed by atoms with Crippen LogP contribution in [0.1, 0.15) is 27.2 Å². The molecule has 1 aromatic carbocycles. The van der Waals surface area contributed by atoms with E-state index in [0.29, 0.717) is 36.3 Å². The summed E-state index contributed by atoms with van der Waals surface area (Å²) in [5.74, 6) is -0.000816. The van der Waals surface area contributed by atoms with E-state index >= 15 is 0 Å². The molecule has 6 heteroatoms. The van der Waals surface area contributed by atoms with Crippen LogP contribution in [0.5, 0.6) is 0 Å². The molecular weight excluding hydrogens is 304 g/mol. The van der Waals surface area contributed by atoms with Gasteiger partial charge in [-0.15, -0.1) is 0 Å². The number of amides is 2. The summed E-state index contributed by atoms with van der Waals surface area (Å²) >= 11 is 5.90. The molecule has 0 aliphatic carbocycles. The molecule has 1 N–H and O–H groups in total. The summed E-state index contributed by atoms with van der Waals surface area (Å²) < 4.78 is 4.90. The number of hydrogen-bond donors (Lipinski definition) is 1. The van der Waals surface area contributed by atoms with Crippen molar-refractivity contribution in [1.82, 2.24) is 4.90 Å². The highest BCUT2D eigenvalue weighted by Gasteiger charge is 2.17. The SMILES string of the molecule is CCOC(=O)CCN(CC(C)C)C(=O)Nc1cccc(Cl)c1. The van der Waals surface area contributed by atoms with Gasteiger partial charge in [0.05, 0.1) is 13.0 Å². The Morgan fingerprint density at radius 3 is 2.68 bits per heavy atom. The molecule has 0 heterocycles. The molecule has 0 unspecified atom stereocenters. The quantitative estimate of drug-likeness (QED) is 0.776. The van der Waals surface area contributed by atoms with Gasteiger partial charge >= 0.3 is 12.0 Å². The predicted molar refractivity (Wildman–Crippen MR) is 88.1 cm³/mol. The van der Waals surface area contributed by atoms with Gasteiger partial charge in [0.2, 0.25) is 0 Å². The topological polar surface area (TPSA) is 58.6 Å². The molecule has 0 fully saturated rings. The maximum Gasteiger partial charge on any atom is 0.321 e. The number of anilines is 1. The number of nitrogens with zero attached hydrogens (tertiary/aromatic N) is 1. The highest BCUT2D eigenvalue weighted by molar-refractivity contribution is 6.30. The first-order valence-electron chi connectivity index (χ1n) is 7.39. The van der Waals surface area contributed by atoms with E-state index in [1.165, 1.54) is 0 Å². The summed E-state index contributed by atoms with van der Waals surface area (Å²) in [4.78, 5) is 25.4. The second kappa shape index (κ2) is 9.30. The van der Waals surface area contributed by atoms with Crippen LogP contribution in [-0.4, -0.2) is 36.6 Å². The minimum absolute atomic E-state index is 0.184. The Kier molecular flexibility index (Phi) is 7.74.